The molecular formula is C47H32N4O2. The van der Waals surface area contributed by atoms with E-state index in [9.17, 15) is 0 Å². The highest BCUT2D eigenvalue weighted by Crippen LogP contribution is 2.46. The maximum Gasteiger partial charge on any atom is 0.135 e. The maximum atomic E-state index is 6.50. The largest absolute Gasteiger partial charge is 0.456 e. The van der Waals surface area contributed by atoms with Crippen molar-refractivity contribution in [3.63, 3.8) is 0 Å². The lowest BCUT2D eigenvalue weighted by Crippen LogP contribution is -2.16. The summed E-state index contributed by atoms with van der Waals surface area (Å²) in [5.74, 6) is 2.06. The number of aromatic nitrogens is 4. The normalized spacial score (nSPS) is 18.2. The van der Waals surface area contributed by atoms with Crippen LogP contribution in [0.15, 0.2) is 143 Å². The summed E-state index contributed by atoms with van der Waals surface area (Å²) < 4.78 is 17.8. The number of rotatable bonds is 3. The Morgan fingerprint density at radius 2 is 1.15 bits per heavy atom. The molecule has 0 bridgehead atoms. The van der Waals surface area contributed by atoms with Crippen molar-refractivity contribution >= 4 is 78.0 Å². The van der Waals surface area contributed by atoms with Gasteiger partial charge >= 0.3 is 0 Å². The Morgan fingerprint density at radius 1 is 0.566 bits per heavy atom. The first-order chi connectivity index (χ1) is 26.2. The Morgan fingerprint density at radius 3 is 1.89 bits per heavy atom. The maximum absolute atomic E-state index is 6.50. The van der Waals surface area contributed by atoms with E-state index in [2.05, 4.69) is 137 Å². The molecule has 6 aromatic heterocycles. The first-order valence-electron chi connectivity index (χ1n) is 18.4. The molecule has 3 unspecified atom stereocenters. The summed E-state index contributed by atoms with van der Waals surface area (Å²) in [4.78, 5) is 9.55. The van der Waals surface area contributed by atoms with E-state index in [4.69, 9.17) is 18.8 Å². The summed E-state index contributed by atoms with van der Waals surface area (Å²) in [5.41, 5.74) is 13.4. The Hall–Kier alpha value is -6.66. The van der Waals surface area contributed by atoms with Gasteiger partial charge in [-0.1, -0.05) is 67.6 Å². The number of allylic oxidation sites excluding steroid dienone is 2. The Kier molecular flexibility index (Phi) is 5.84. The van der Waals surface area contributed by atoms with Gasteiger partial charge in [0.15, 0.2) is 0 Å². The van der Waals surface area contributed by atoms with Gasteiger partial charge < -0.3 is 18.0 Å². The summed E-state index contributed by atoms with van der Waals surface area (Å²) in [6, 6.07) is 39.1. The highest BCUT2D eigenvalue weighted by Gasteiger charge is 2.31. The molecule has 2 aliphatic rings. The van der Waals surface area contributed by atoms with Crippen LogP contribution in [0.3, 0.4) is 0 Å². The second-order valence-electron chi connectivity index (χ2n) is 14.5. The third-order valence-electron chi connectivity index (χ3n) is 11.8. The standard InChI is InChI=1S/C47H32N4O2/c1-27-36(51-38-11-5-3-9-32(38)47-40(51)13-7-23-49-47)17-21-44-45(27)35-25-29(15-19-43(35)53-44)28-14-18-41-33(24-28)34-26-30(16-20-42(34)52-41)50-37-10-4-2-8-31(37)46-39(50)12-6-22-48-46/h2-25,27,30,36H,26H2,1H3. The average molecular weight is 685 g/mol. The van der Waals surface area contributed by atoms with Crippen molar-refractivity contribution in [2.75, 3.05) is 0 Å². The van der Waals surface area contributed by atoms with Crippen LogP contribution in [0.2, 0.25) is 0 Å². The smallest absolute Gasteiger partial charge is 0.135 e. The molecule has 6 heteroatoms. The van der Waals surface area contributed by atoms with Crippen molar-refractivity contribution in [1.82, 2.24) is 19.1 Å². The molecule has 0 fully saturated rings. The monoisotopic (exact) mass is 684 g/mol. The van der Waals surface area contributed by atoms with Crippen LogP contribution in [0.4, 0.5) is 0 Å². The van der Waals surface area contributed by atoms with E-state index >= 15 is 0 Å². The zero-order valence-electron chi connectivity index (χ0n) is 28.9. The molecular weight excluding hydrogens is 653 g/mol. The van der Waals surface area contributed by atoms with Gasteiger partial charge in [-0.25, -0.2) is 0 Å². The van der Waals surface area contributed by atoms with E-state index in [0.29, 0.717) is 0 Å². The number of para-hydroxylation sites is 2. The van der Waals surface area contributed by atoms with E-state index in [1.807, 2.05) is 24.5 Å². The van der Waals surface area contributed by atoms with Crippen LogP contribution in [0.1, 0.15) is 47.6 Å². The third-order valence-corrected chi connectivity index (χ3v) is 11.8. The fourth-order valence-electron chi connectivity index (χ4n) is 9.39. The minimum Gasteiger partial charge on any atom is -0.456 e. The zero-order chi connectivity index (χ0) is 34.8. The fourth-order valence-corrected chi connectivity index (χ4v) is 9.39. The highest BCUT2D eigenvalue weighted by atomic mass is 16.3. The molecule has 6 heterocycles. The summed E-state index contributed by atoms with van der Waals surface area (Å²) in [5, 5.41) is 4.69. The highest BCUT2D eigenvalue weighted by molar-refractivity contribution is 6.07. The van der Waals surface area contributed by atoms with Crippen LogP contribution in [0.5, 0.6) is 0 Å². The molecule has 12 rings (SSSR count). The molecule has 252 valence electrons. The number of fused-ring (bicyclic) bond motifs is 12. The molecule has 0 radical (unpaired) electrons. The van der Waals surface area contributed by atoms with E-state index in [-0.39, 0.29) is 18.0 Å². The number of pyridine rings is 2. The van der Waals surface area contributed by atoms with E-state index < -0.39 is 0 Å². The fraction of sp³-hybridized carbons (Fsp3) is 0.106. The lowest BCUT2D eigenvalue weighted by molar-refractivity contribution is 0.517. The molecule has 6 nitrogen and oxygen atoms in total. The number of hydrogen-bond acceptors (Lipinski definition) is 4. The predicted molar refractivity (Wildman–Crippen MR) is 214 cm³/mol. The topological polar surface area (TPSA) is 61.9 Å². The zero-order valence-corrected chi connectivity index (χ0v) is 28.9. The molecule has 0 N–H and O–H groups in total. The summed E-state index contributed by atoms with van der Waals surface area (Å²) in [6.07, 6.45) is 13.5. The molecule has 53 heavy (non-hydrogen) atoms. The lowest BCUT2D eigenvalue weighted by Gasteiger charge is -2.27. The van der Waals surface area contributed by atoms with E-state index in [1.165, 1.54) is 32.9 Å². The van der Waals surface area contributed by atoms with Crippen LogP contribution in [-0.2, 0) is 6.42 Å². The van der Waals surface area contributed by atoms with Gasteiger partial charge in [-0.15, -0.1) is 0 Å². The Balaban J connectivity index is 0.945. The van der Waals surface area contributed by atoms with Crippen LogP contribution >= 0.6 is 0 Å². The molecule has 0 aliphatic heterocycles. The number of hydrogen-bond donors (Lipinski definition) is 0. The van der Waals surface area contributed by atoms with Gasteiger partial charge in [-0.2, -0.15) is 0 Å². The quantitative estimate of drug-likeness (QED) is 0.186. The second-order valence-corrected chi connectivity index (χ2v) is 14.5. The lowest BCUT2D eigenvalue weighted by atomic mass is 9.86. The summed E-state index contributed by atoms with van der Waals surface area (Å²) >= 11 is 0. The number of furan rings is 2. The van der Waals surface area contributed by atoms with Gasteiger partial charge in [-0.05, 0) is 83.9 Å². The van der Waals surface area contributed by atoms with Crippen LogP contribution in [0.25, 0.3) is 89.1 Å². The molecule has 2 aliphatic carbocycles. The third kappa shape index (κ3) is 4.03. The van der Waals surface area contributed by atoms with Crippen molar-refractivity contribution < 1.29 is 8.83 Å². The average Bonchev–Trinajstić information content (AvgIpc) is 3.95. The van der Waals surface area contributed by atoms with Crippen LogP contribution in [-0.4, -0.2) is 19.1 Å². The van der Waals surface area contributed by atoms with E-state index in [0.717, 1.165) is 73.1 Å². The minimum absolute atomic E-state index is 0.110. The Bertz CT molecular complexity index is 3100. The van der Waals surface area contributed by atoms with Gasteiger partial charge in [0.05, 0.1) is 45.2 Å². The van der Waals surface area contributed by atoms with Crippen molar-refractivity contribution in [2.24, 2.45) is 0 Å². The van der Waals surface area contributed by atoms with Gasteiger partial charge in [0.2, 0.25) is 0 Å². The second kappa shape index (κ2) is 10.7. The van der Waals surface area contributed by atoms with Crippen molar-refractivity contribution in [3.05, 3.63) is 156 Å². The van der Waals surface area contributed by atoms with Crippen molar-refractivity contribution in [1.29, 1.82) is 0 Å². The summed E-state index contributed by atoms with van der Waals surface area (Å²) in [7, 11) is 0. The first-order valence-corrected chi connectivity index (χ1v) is 18.4. The summed E-state index contributed by atoms with van der Waals surface area (Å²) in [6.45, 7) is 2.33. The van der Waals surface area contributed by atoms with Crippen LogP contribution < -0.4 is 0 Å². The van der Waals surface area contributed by atoms with Crippen molar-refractivity contribution in [3.8, 4) is 11.1 Å². The van der Waals surface area contributed by atoms with Gasteiger partial charge in [-0.3, -0.25) is 9.97 Å². The van der Waals surface area contributed by atoms with Gasteiger partial charge in [0, 0.05) is 57.4 Å². The SMILES string of the molecule is CC1c2c(oc3ccc(-c4ccc5oc6c(c5c4)CC(n4c5ccccc5c5ncccc54)C=C6)cc23)C=CC1n1c2ccccc2c2ncccc21. The van der Waals surface area contributed by atoms with Gasteiger partial charge in [0.1, 0.15) is 22.7 Å². The van der Waals surface area contributed by atoms with Crippen molar-refractivity contribution in [2.45, 2.75) is 31.3 Å². The molecule has 0 saturated heterocycles. The molecule has 3 atom stereocenters. The van der Waals surface area contributed by atoms with E-state index in [1.54, 1.807) is 0 Å². The molecule has 10 aromatic rings. The van der Waals surface area contributed by atoms with Gasteiger partial charge in [0.25, 0.3) is 0 Å². The minimum atomic E-state index is 0.110. The number of nitrogens with zero attached hydrogens (tertiary/aromatic N) is 4. The Labute approximate surface area is 303 Å². The number of benzene rings is 4. The predicted octanol–water partition coefficient (Wildman–Crippen LogP) is 12.0. The molecule has 0 spiro atoms. The molecule has 0 amide bonds. The van der Waals surface area contributed by atoms with Crippen LogP contribution in [0, 0.1) is 0 Å². The first kappa shape index (κ1) is 29.0. The molecule has 0 saturated carbocycles. The molecule has 4 aromatic carbocycles.